The molecule has 8 heteroatoms. The van der Waals surface area contributed by atoms with Crippen LogP contribution in [0.4, 0.5) is 14.4 Å². The van der Waals surface area contributed by atoms with Gasteiger partial charge < -0.3 is 9.47 Å². The number of carbonyl (C=O) groups excluding carboxylic acids is 1. The summed E-state index contributed by atoms with van der Waals surface area (Å²) in [6.45, 7) is 5.04. The van der Waals surface area contributed by atoms with Gasteiger partial charge in [0.1, 0.15) is 16.2 Å². The number of nitrogens with one attached hydrogen (secondary N) is 1. The van der Waals surface area contributed by atoms with Crippen molar-refractivity contribution in [3.8, 4) is 5.75 Å². The molecule has 1 aromatic carbocycles. The minimum atomic E-state index is -4.96. The summed E-state index contributed by atoms with van der Waals surface area (Å²) < 4.78 is 44.8. The van der Waals surface area contributed by atoms with E-state index in [4.69, 9.17) is 9.47 Å². The molecule has 0 radical (unpaired) electrons. The minimum Gasteiger partial charge on any atom is -0.495 e. The van der Waals surface area contributed by atoms with Crippen LogP contribution in [0.5, 0.6) is 5.75 Å². The quantitative estimate of drug-likeness (QED) is 0.868. The Morgan fingerprint density at radius 2 is 1.90 bits per heavy atom. The summed E-state index contributed by atoms with van der Waals surface area (Å²) in [4.78, 5) is 10.9. The van der Waals surface area contributed by atoms with Crippen LogP contribution in [0, 0.1) is 0 Å². The zero-order valence-electron chi connectivity index (χ0n) is 11.6. The Morgan fingerprint density at radius 3 is 2.35 bits per heavy atom. The molecule has 0 atom stereocenters. The highest BCUT2D eigenvalue weighted by atomic mass is 32.3. The molecule has 0 saturated heterocycles. The first kappa shape index (κ1) is 16.2. The number of carbonyl (C=O) groups is 1. The third kappa shape index (κ3) is 4.69. The summed E-state index contributed by atoms with van der Waals surface area (Å²) in [6.07, 6.45) is -0.773. The highest BCUT2D eigenvalue weighted by molar-refractivity contribution is 7.86. The van der Waals surface area contributed by atoms with E-state index in [1.54, 1.807) is 20.8 Å². The molecule has 112 valence electrons. The van der Waals surface area contributed by atoms with Gasteiger partial charge in [-0.15, -0.1) is 3.89 Å². The molecule has 0 fully saturated rings. The zero-order valence-corrected chi connectivity index (χ0v) is 12.4. The molecule has 0 aliphatic heterocycles. The molecule has 1 aromatic rings. The normalized spacial score (nSPS) is 11.8. The predicted octanol–water partition coefficient (Wildman–Crippen LogP) is 2.70. The lowest BCUT2D eigenvalue weighted by Gasteiger charge is -2.19. The van der Waals surface area contributed by atoms with E-state index in [2.05, 4.69) is 5.32 Å². The number of methoxy groups -OCH3 is 1. The van der Waals surface area contributed by atoms with E-state index >= 15 is 0 Å². The van der Waals surface area contributed by atoms with E-state index < -0.39 is 26.8 Å². The molecule has 0 aliphatic rings. The van der Waals surface area contributed by atoms with Gasteiger partial charge in [0, 0.05) is 5.69 Å². The Labute approximate surface area is 117 Å². The van der Waals surface area contributed by atoms with Crippen LogP contribution in [-0.4, -0.2) is 27.2 Å². The number of hydrogen-bond acceptors (Lipinski definition) is 5. The smallest absolute Gasteiger partial charge is 0.412 e. The lowest BCUT2D eigenvalue weighted by atomic mass is 10.2. The van der Waals surface area contributed by atoms with Crippen LogP contribution in [0.15, 0.2) is 23.1 Å². The van der Waals surface area contributed by atoms with Crippen LogP contribution in [0.1, 0.15) is 20.8 Å². The van der Waals surface area contributed by atoms with Crippen LogP contribution in [0.2, 0.25) is 0 Å². The van der Waals surface area contributed by atoms with Crippen LogP contribution in [0.25, 0.3) is 0 Å². The van der Waals surface area contributed by atoms with Crippen molar-refractivity contribution >= 4 is 22.0 Å². The van der Waals surface area contributed by atoms with E-state index in [1.807, 2.05) is 0 Å². The van der Waals surface area contributed by atoms with Crippen molar-refractivity contribution in [3.05, 3.63) is 18.2 Å². The van der Waals surface area contributed by atoms with E-state index in [0.29, 0.717) is 0 Å². The summed E-state index contributed by atoms with van der Waals surface area (Å²) in [6, 6.07) is 3.56. The molecule has 1 amide bonds. The van der Waals surface area contributed by atoms with Gasteiger partial charge in [0.2, 0.25) is 0 Å². The van der Waals surface area contributed by atoms with Crippen molar-refractivity contribution < 1.29 is 26.6 Å². The topological polar surface area (TPSA) is 81.7 Å². The molecule has 0 spiro atoms. The van der Waals surface area contributed by atoms with E-state index in [9.17, 15) is 17.1 Å². The summed E-state index contributed by atoms with van der Waals surface area (Å²) in [7, 11) is -3.74. The third-order valence-corrected chi connectivity index (χ3v) is 2.92. The lowest BCUT2D eigenvalue weighted by Crippen LogP contribution is -2.27. The second-order valence-electron chi connectivity index (χ2n) is 4.93. The molecule has 0 aromatic heterocycles. The highest BCUT2D eigenvalue weighted by Crippen LogP contribution is 2.28. The number of amides is 1. The van der Waals surface area contributed by atoms with Crippen LogP contribution in [0.3, 0.4) is 0 Å². The molecule has 6 nitrogen and oxygen atoms in total. The average Bonchev–Trinajstić information content (AvgIpc) is 2.25. The first-order valence-corrected chi connectivity index (χ1v) is 7.04. The first-order chi connectivity index (χ1) is 9.03. The highest BCUT2D eigenvalue weighted by Gasteiger charge is 2.21. The maximum absolute atomic E-state index is 13.1. The van der Waals surface area contributed by atoms with Crippen molar-refractivity contribution in [3.63, 3.8) is 0 Å². The largest absolute Gasteiger partial charge is 0.495 e. The Bertz CT molecular complexity index is 607. The number of anilines is 1. The molecule has 1 N–H and O–H groups in total. The molecule has 0 unspecified atom stereocenters. The van der Waals surface area contributed by atoms with Gasteiger partial charge in [-0.2, -0.15) is 8.42 Å². The second kappa shape index (κ2) is 5.66. The molecule has 0 saturated carbocycles. The van der Waals surface area contributed by atoms with Crippen LogP contribution >= 0.6 is 0 Å². The van der Waals surface area contributed by atoms with Gasteiger partial charge >= 0.3 is 16.3 Å². The van der Waals surface area contributed by atoms with Gasteiger partial charge in [-0.3, -0.25) is 5.32 Å². The fraction of sp³-hybridized carbons (Fsp3) is 0.417. The molecule has 0 bridgehead atoms. The maximum Gasteiger partial charge on any atom is 0.412 e. The standard InChI is InChI=1S/C12H16FNO5S/c1-12(2,3)19-11(15)14-8-5-6-9(18-4)10(7-8)20(13,16)17/h5-7H,1-4H3,(H,14,15). The monoisotopic (exact) mass is 305 g/mol. The predicted molar refractivity (Wildman–Crippen MR) is 71.1 cm³/mol. The summed E-state index contributed by atoms with van der Waals surface area (Å²) >= 11 is 0. The number of halogens is 1. The minimum absolute atomic E-state index is 0.0799. The molecule has 20 heavy (non-hydrogen) atoms. The lowest BCUT2D eigenvalue weighted by molar-refractivity contribution is 0.0636. The molecule has 1 rings (SSSR count). The number of hydrogen-bond donors (Lipinski definition) is 1. The Balaban J connectivity index is 3.02. The Kier molecular flexibility index (Phi) is 4.59. The summed E-state index contributed by atoms with van der Waals surface area (Å²) in [5, 5.41) is 2.31. The van der Waals surface area contributed by atoms with Gasteiger partial charge in [0.15, 0.2) is 0 Å². The third-order valence-electron chi connectivity index (χ3n) is 2.07. The van der Waals surface area contributed by atoms with E-state index in [0.717, 1.165) is 6.07 Å². The van der Waals surface area contributed by atoms with E-state index in [1.165, 1.54) is 19.2 Å². The average molecular weight is 305 g/mol. The fourth-order valence-electron chi connectivity index (χ4n) is 1.37. The van der Waals surface area contributed by atoms with Gasteiger partial charge in [-0.1, -0.05) is 0 Å². The van der Waals surface area contributed by atoms with Crippen molar-refractivity contribution in [1.29, 1.82) is 0 Å². The molecule has 0 aliphatic carbocycles. The fourth-order valence-corrected chi connectivity index (χ4v) is 2.03. The summed E-state index contributed by atoms with van der Waals surface area (Å²) in [5.41, 5.74) is -0.623. The zero-order chi connectivity index (χ0) is 15.6. The second-order valence-corrected chi connectivity index (χ2v) is 6.25. The van der Waals surface area contributed by atoms with Crippen molar-refractivity contribution in [2.45, 2.75) is 31.3 Å². The van der Waals surface area contributed by atoms with Crippen molar-refractivity contribution in [1.82, 2.24) is 0 Å². The van der Waals surface area contributed by atoms with Gasteiger partial charge in [-0.05, 0) is 39.0 Å². The molecular weight excluding hydrogens is 289 g/mol. The van der Waals surface area contributed by atoms with Crippen molar-refractivity contribution in [2.75, 3.05) is 12.4 Å². The van der Waals surface area contributed by atoms with Gasteiger partial charge in [0.05, 0.1) is 7.11 Å². The molecular formula is C12H16FNO5S. The van der Waals surface area contributed by atoms with Gasteiger partial charge in [0.25, 0.3) is 0 Å². The number of ether oxygens (including phenoxy) is 2. The number of rotatable bonds is 3. The summed E-state index contributed by atoms with van der Waals surface area (Å²) in [5.74, 6) is -0.151. The van der Waals surface area contributed by atoms with Crippen LogP contribution < -0.4 is 10.1 Å². The first-order valence-electron chi connectivity index (χ1n) is 5.65. The SMILES string of the molecule is COc1ccc(NC(=O)OC(C)(C)C)cc1S(=O)(=O)F. The van der Waals surface area contributed by atoms with Crippen LogP contribution in [-0.2, 0) is 15.0 Å². The number of benzene rings is 1. The Morgan fingerprint density at radius 1 is 1.30 bits per heavy atom. The maximum atomic E-state index is 13.1. The van der Waals surface area contributed by atoms with E-state index in [-0.39, 0.29) is 11.4 Å². The van der Waals surface area contributed by atoms with Gasteiger partial charge in [-0.25, -0.2) is 4.79 Å². The Hall–Kier alpha value is -1.83. The molecule has 0 heterocycles. The van der Waals surface area contributed by atoms with Crippen molar-refractivity contribution in [2.24, 2.45) is 0 Å².